The van der Waals surface area contributed by atoms with Gasteiger partial charge in [-0.1, -0.05) is 43.5 Å². The minimum atomic E-state index is 0.262. The monoisotopic (exact) mass is 192 g/mol. The average Bonchev–Trinajstić information content (AvgIpc) is 2.01. The first-order chi connectivity index (χ1) is 4.96. The van der Waals surface area contributed by atoms with Gasteiger partial charge >= 0.3 is 0 Å². The Labute approximate surface area is 74.7 Å². The van der Waals surface area contributed by atoms with E-state index in [0.29, 0.717) is 4.90 Å². The second kappa shape index (κ2) is 4.78. The molecule has 0 aliphatic carbocycles. The van der Waals surface area contributed by atoms with Crippen LogP contribution in [0.25, 0.3) is 0 Å². The van der Waals surface area contributed by atoms with E-state index < -0.39 is 0 Å². The Balaban J connectivity index is 4.18. The summed E-state index contributed by atoms with van der Waals surface area (Å²) in [5.41, 5.74) is 0. The standard InChI is InChI=1S/C9H22P2/c1-7-10(5)9(3,4)11(6)8-2/h7-8H2,1-6H3. The van der Waals surface area contributed by atoms with Crippen LogP contribution < -0.4 is 0 Å². The van der Waals surface area contributed by atoms with Gasteiger partial charge in [-0.3, -0.25) is 0 Å². The zero-order valence-corrected chi connectivity index (χ0v) is 10.6. The van der Waals surface area contributed by atoms with Crippen LogP contribution in [0.15, 0.2) is 0 Å². The van der Waals surface area contributed by atoms with Gasteiger partial charge in [0.1, 0.15) is 0 Å². The molecule has 2 heteroatoms. The van der Waals surface area contributed by atoms with Crippen LogP contribution >= 0.6 is 15.8 Å². The molecule has 0 saturated carbocycles. The van der Waals surface area contributed by atoms with Crippen LogP contribution in [0.4, 0.5) is 0 Å². The van der Waals surface area contributed by atoms with Gasteiger partial charge in [-0.25, -0.2) is 0 Å². The lowest BCUT2D eigenvalue weighted by Crippen LogP contribution is -2.16. The van der Waals surface area contributed by atoms with Crippen LogP contribution in [-0.2, 0) is 0 Å². The quantitative estimate of drug-likeness (QED) is 0.591. The first kappa shape index (κ1) is 11.9. The predicted octanol–water partition coefficient (Wildman–Crippen LogP) is 3.99. The maximum atomic E-state index is 2.46. The zero-order valence-electron chi connectivity index (χ0n) is 8.81. The zero-order chi connectivity index (χ0) is 9.07. The van der Waals surface area contributed by atoms with Crippen LogP contribution in [0.5, 0.6) is 0 Å². The molecular formula is C9H22P2. The Kier molecular flexibility index (Phi) is 5.16. The first-order valence-electron chi connectivity index (χ1n) is 4.39. The normalized spacial score (nSPS) is 18.0. The van der Waals surface area contributed by atoms with Gasteiger partial charge in [0.25, 0.3) is 0 Å². The van der Waals surface area contributed by atoms with E-state index in [4.69, 9.17) is 0 Å². The molecule has 2 unspecified atom stereocenters. The average molecular weight is 192 g/mol. The van der Waals surface area contributed by atoms with E-state index in [1.165, 1.54) is 12.3 Å². The summed E-state index contributed by atoms with van der Waals surface area (Å²) in [5, 5.41) is 0. The summed E-state index contributed by atoms with van der Waals surface area (Å²) in [5.74, 6) is 0. The lowest BCUT2D eigenvalue weighted by molar-refractivity contribution is 0.977. The van der Waals surface area contributed by atoms with Crippen molar-refractivity contribution in [1.82, 2.24) is 0 Å². The molecule has 0 saturated heterocycles. The van der Waals surface area contributed by atoms with E-state index in [1.807, 2.05) is 0 Å². The smallest absolute Gasteiger partial charge is 0.00445 e. The van der Waals surface area contributed by atoms with Crippen LogP contribution in [0.2, 0.25) is 0 Å². The molecule has 0 N–H and O–H groups in total. The molecule has 0 bridgehead atoms. The largest absolute Gasteiger partial charge is 0.0999 e. The predicted molar refractivity (Wildman–Crippen MR) is 60.8 cm³/mol. The molecule has 0 rings (SSSR count). The Morgan fingerprint density at radius 2 is 1.18 bits per heavy atom. The van der Waals surface area contributed by atoms with Crippen molar-refractivity contribution in [2.24, 2.45) is 0 Å². The molecule has 0 fully saturated rings. The third-order valence-electron chi connectivity index (χ3n) is 2.82. The topological polar surface area (TPSA) is 0 Å². The van der Waals surface area contributed by atoms with Crippen molar-refractivity contribution < 1.29 is 0 Å². The molecule has 0 nitrogen and oxygen atoms in total. The van der Waals surface area contributed by atoms with Crippen LogP contribution in [0.3, 0.4) is 0 Å². The molecule has 0 amide bonds. The summed E-state index contributed by atoms with van der Waals surface area (Å²) < 4.78 is 0. The SMILES string of the molecule is CCP(C)C(C)(C)P(C)CC. The molecule has 0 aromatic heterocycles. The van der Waals surface area contributed by atoms with Crippen molar-refractivity contribution in [2.45, 2.75) is 32.6 Å². The van der Waals surface area contributed by atoms with Gasteiger partial charge in [-0.2, -0.15) is 0 Å². The van der Waals surface area contributed by atoms with E-state index in [0.717, 1.165) is 0 Å². The van der Waals surface area contributed by atoms with E-state index in [2.05, 4.69) is 41.0 Å². The fourth-order valence-electron chi connectivity index (χ4n) is 1.07. The van der Waals surface area contributed by atoms with E-state index in [9.17, 15) is 0 Å². The van der Waals surface area contributed by atoms with Gasteiger partial charge in [0.2, 0.25) is 0 Å². The molecule has 2 atom stereocenters. The molecule has 0 spiro atoms. The number of rotatable bonds is 4. The molecule has 0 radical (unpaired) electrons. The molecule has 0 aromatic rings. The summed E-state index contributed by atoms with van der Waals surface area (Å²) in [6.07, 6.45) is 2.77. The van der Waals surface area contributed by atoms with Gasteiger partial charge in [0, 0.05) is 4.90 Å². The summed E-state index contributed by atoms with van der Waals surface area (Å²) in [4.78, 5) is 0.647. The lowest BCUT2D eigenvalue weighted by Gasteiger charge is -2.37. The van der Waals surface area contributed by atoms with Crippen molar-refractivity contribution in [3.63, 3.8) is 0 Å². The fourth-order valence-corrected chi connectivity index (χ4v) is 5.79. The van der Waals surface area contributed by atoms with Crippen molar-refractivity contribution >= 4 is 15.8 Å². The number of hydrogen-bond donors (Lipinski definition) is 0. The van der Waals surface area contributed by atoms with Crippen LogP contribution in [0.1, 0.15) is 27.7 Å². The molecule has 0 aliphatic rings. The molecule has 68 valence electrons. The van der Waals surface area contributed by atoms with Gasteiger partial charge in [-0.15, -0.1) is 0 Å². The summed E-state index contributed by atoms with van der Waals surface area (Å²) >= 11 is 0. The van der Waals surface area contributed by atoms with Gasteiger partial charge < -0.3 is 0 Å². The van der Waals surface area contributed by atoms with Crippen LogP contribution in [-0.4, -0.2) is 30.6 Å². The molecule has 11 heavy (non-hydrogen) atoms. The Morgan fingerprint density at radius 3 is 1.36 bits per heavy atom. The van der Waals surface area contributed by atoms with Crippen molar-refractivity contribution in [3.8, 4) is 0 Å². The Bertz CT molecular complexity index is 98.1. The van der Waals surface area contributed by atoms with E-state index in [1.54, 1.807) is 0 Å². The minimum absolute atomic E-state index is 0.262. The van der Waals surface area contributed by atoms with Gasteiger partial charge in [0.05, 0.1) is 0 Å². The van der Waals surface area contributed by atoms with E-state index >= 15 is 0 Å². The van der Waals surface area contributed by atoms with Crippen molar-refractivity contribution in [3.05, 3.63) is 0 Å². The minimum Gasteiger partial charge on any atom is -0.0999 e. The second-order valence-corrected chi connectivity index (χ2v) is 10.2. The summed E-state index contributed by atoms with van der Waals surface area (Å²) in [6, 6.07) is 0. The van der Waals surface area contributed by atoms with Crippen molar-refractivity contribution in [1.29, 1.82) is 0 Å². The van der Waals surface area contributed by atoms with Crippen LogP contribution in [0, 0.1) is 0 Å². The van der Waals surface area contributed by atoms with Crippen molar-refractivity contribution in [2.75, 3.05) is 25.7 Å². The highest BCUT2D eigenvalue weighted by Crippen LogP contribution is 2.62. The highest BCUT2D eigenvalue weighted by atomic mass is 31.2. The Hall–Kier alpha value is 0.860. The summed E-state index contributed by atoms with van der Waals surface area (Å²) in [6.45, 7) is 14.5. The van der Waals surface area contributed by atoms with Gasteiger partial charge in [0.15, 0.2) is 0 Å². The van der Waals surface area contributed by atoms with E-state index in [-0.39, 0.29) is 15.8 Å². The van der Waals surface area contributed by atoms with Gasteiger partial charge in [-0.05, 0) is 25.7 Å². The maximum Gasteiger partial charge on any atom is 0.00445 e. The molecule has 0 heterocycles. The molecular weight excluding hydrogens is 170 g/mol. The fraction of sp³-hybridized carbons (Fsp3) is 1.00. The third kappa shape index (κ3) is 3.00. The Morgan fingerprint density at radius 1 is 0.909 bits per heavy atom. The molecule has 0 aliphatic heterocycles. The summed E-state index contributed by atoms with van der Waals surface area (Å²) in [7, 11) is 0.524. The third-order valence-corrected chi connectivity index (χ3v) is 10.5. The lowest BCUT2D eigenvalue weighted by atomic mass is 10.5. The number of hydrogen-bond acceptors (Lipinski definition) is 0. The maximum absolute atomic E-state index is 2.46. The second-order valence-electron chi connectivity index (χ2n) is 3.52. The first-order valence-corrected chi connectivity index (χ1v) is 8.34. The molecule has 0 aromatic carbocycles. The highest BCUT2D eigenvalue weighted by molar-refractivity contribution is 7.76. The highest BCUT2D eigenvalue weighted by Gasteiger charge is 2.28.